The van der Waals surface area contributed by atoms with Gasteiger partial charge in [0.05, 0.1) is 0 Å². The molecule has 0 atom stereocenters. The predicted octanol–water partition coefficient (Wildman–Crippen LogP) is 4.24. The molecule has 114 valence electrons. The number of nitrogens with one attached hydrogen (secondary N) is 2. The second kappa shape index (κ2) is 8.08. The van der Waals surface area contributed by atoms with E-state index in [9.17, 15) is 0 Å². The molecule has 4 heteroatoms. The number of hydrogen-bond acceptors (Lipinski definition) is 4. The third kappa shape index (κ3) is 4.99. The zero-order valence-electron chi connectivity index (χ0n) is 13.7. The van der Waals surface area contributed by atoms with Gasteiger partial charge in [-0.05, 0) is 32.6 Å². The number of anilines is 2. The van der Waals surface area contributed by atoms with E-state index < -0.39 is 0 Å². The van der Waals surface area contributed by atoms with E-state index in [2.05, 4.69) is 55.2 Å². The highest BCUT2D eigenvalue weighted by molar-refractivity contribution is 5.49. The first-order valence-electron chi connectivity index (χ1n) is 7.96. The molecule has 2 N–H and O–H groups in total. The van der Waals surface area contributed by atoms with Gasteiger partial charge in [-0.3, -0.25) is 0 Å². The SMILES string of the molecule is CCCNc1cc(NC(C)(CC)CC)nc(CCC)n1. The molecule has 0 fully saturated rings. The molecule has 0 unspecified atom stereocenters. The second-order valence-corrected chi connectivity index (χ2v) is 5.62. The lowest BCUT2D eigenvalue weighted by Gasteiger charge is -2.29. The second-order valence-electron chi connectivity index (χ2n) is 5.62. The van der Waals surface area contributed by atoms with E-state index in [1.165, 1.54) is 0 Å². The Kier molecular flexibility index (Phi) is 6.76. The summed E-state index contributed by atoms with van der Waals surface area (Å²) in [5, 5.41) is 6.94. The number of aromatic nitrogens is 2. The molecule has 0 aliphatic rings. The Hall–Kier alpha value is -1.32. The molecule has 20 heavy (non-hydrogen) atoms. The minimum absolute atomic E-state index is 0.0971. The van der Waals surface area contributed by atoms with Crippen LogP contribution in [-0.4, -0.2) is 22.1 Å². The van der Waals surface area contributed by atoms with Crippen LogP contribution in [-0.2, 0) is 6.42 Å². The summed E-state index contributed by atoms with van der Waals surface area (Å²) in [5.41, 5.74) is 0.0971. The van der Waals surface area contributed by atoms with Crippen LogP contribution in [0.4, 0.5) is 11.6 Å². The summed E-state index contributed by atoms with van der Waals surface area (Å²) in [4.78, 5) is 9.23. The zero-order valence-corrected chi connectivity index (χ0v) is 13.7. The molecule has 0 saturated heterocycles. The highest BCUT2D eigenvalue weighted by Gasteiger charge is 2.20. The number of nitrogens with zero attached hydrogens (tertiary/aromatic N) is 2. The summed E-state index contributed by atoms with van der Waals surface area (Å²) < 4.78 is 0. The lowest BCUT2D eigenvalue weighted by Crippen LogP contribution is -2.33. The number of aryl methyl sites for hydroxylation is 1. The maximum absolute atomic E-state index is 4.65. The van der Waals surface area contributed by atoms with E-state index in [0.29, 0.717) is 0 Å². The molecular weight excluding hydrogens is 248 g/mol. The molecule has 1 aromatic heterocycles. The van der Waals surface area contributed by atoms with Gasteiger partial charge in [0, 0.05) is 24.6 Å². The molecule has 0 aromatic carbocycles. The van der Waals surface area contributed by atoms with Gasteiger partial charge in [0.2, 0.25) is 0 Å². The Morgan fingerprint density at radius 1 is 1.00 bits per heavy atom. The average molecular weight is 278 g/mol. The van der Waals surface area contributed by atoms with Crippen molar-refractivity contribution in [2.24, 2.45) is 0 Å². The van der Waals surface area contributed by atoms with Crippen LogP contribution in [0.3, 0.4) is 0 Å². The molecule has 0 spiro atoms. The van der Waals surface area contributed by atoms with E-state index >= 15 is 0 Å². The zero-order chi connectivity index (χ0) is 15.0. The van der Waals surface area contributed by atoms with Gasteiger partial charge in [-0.1, -0.05) is 27.7 Å². The molecule has 1 rings (SSSR count). The molecule has 0 saturated carbocycles. The third-order valence-corrected chi connectivity index (χ3v) is 3.79. The van der Waals surface area contributed by atoms with E-state index in [0.717, 1.165) is 56.1 Å². The molecule has 1 aromatic rings. The smallest absolute Gasteiger partial charge is 0.133 e. The number of hydrogen-bond donors (Lipinski definition) is 2. The standard InChI is InChI=1S/C16H30N4/c1-6-10-13-18-14(17-11-7-2)12-15(19-13)20-16(5,8-3)9-4/h12H,6-11H2,1-5H3,(H2,17,18,19,20). The van der Waals surface area contributed by atoms with Crippen LogP contribution in [0.15, 0.2) is 6.07 Å². The summed E-state index contributed by atoms with van der Waals surface area (Å²) in [6, 6.07) is 2.03. The predicted molar refractivity (Wildman–Crippen MR) is 87.4 cm³/mol. The fourth-order valence-corrected chi connectivity index (χ4v) is 1.98. The lowest BCUT2D eigenvalue weighted by molar-refractivity contribution is 0.476. The summed E-state index contributed by atoms with van der Waals surface area (Å²) in [6.07, 6.45) is 5.24. The largest absolute Gasteiger partial charge is 0.370 e. The van der Waals surface area contributed by atoms with Crippen LogP contribution in [0, 0.1) is 0 Å². The maximum atomic E-state index is 4.65. The van der Waals surface area contributed by atoms with Gasteiger partial charge in [-0.15, -0.1) is 0 Å². The Bertz CT molecular complexity index is 399. The van der Waals surface area contributed by atoms with Gasteiger partial charge in [0.1, 0.15) is 17.5 Å². The minimum atomic E-state index is 0.0971. The van der Waals surface area contributed by atoms with E-state index in [1.54, 1.807) is 0 Å². The van der Waals surface area contributed by atoms with E-state index in [4.69, 9.17) is 0 Å². The fourth-order valence-electron chi connectivity index (χ4n) is 1.98. The maximum Gasteiger partial charge on any atom is 0.133 e. The van der Waals surface area contributed by atoms with Crippen molar-refractivity contribution in [3.63, 3.8) is 0 Å². The molecule has 1 heterocycles. The van der Waals surface area contributed by atoms with Crippen LogP contribution in [0.25, 0.3) is 0 Å². The van der Waals surface area contributed by atoms with Gasteiger partial charge >= 0.3 is 0 Å². The normalized spacial score (nSPS) is 11.4. The quantitative estimate of drug-likeness (QED) is 0.709. The molecule has 0 radical (unpaired) electrons. The topological polar surface area (TPSA) is 49.8 Å². The van der Waals surface area contributed by atoms with Crippen LogP contribution in [0.1, 0.15) is 66.1 Å². The van der Waals surface area contributed by atoms with Gasteiger partial charge in [-0.2, -0.15) is 0 Å². The fraction of sp³-hybridized carbons (Fsp3) is 0.750. The Morgan fingerprint density at radius 3 is 2.20 bits per heavy atom. The van der Waals surface area contributed by atoms with E-state index in [-0.39, 0.29) is 5.54 Å². The molecule has 0 aliphatic carbocycles. The molecule has 0 bridgehead atoms. The van der Waals surface area contributed by atoms with Crippen molar-refractivity contribution < 1.29 is 0 Å². The highest BCUT2D eigenvalue weighted by atomic mass is 15.1. The lowest BCUT2D eigenvalue weighted by atomic mass is 9.96. The minimum Gasteiger partial charge on any atom is -0.370 e. The van der Waals surface area contributed by atoms with Crippen molar-refractivity contribution in [1.29, 1.82) is 0 Å². The molecular formula is C16H30N4. The monoisotopic (exact) mass is 278 g/mol. The molecule has 0 amide bonds. The Labute approximate surface area is 123 Å². The van der Waals surface area contributed by atoms with Gasteiger partial charge in [-0.25, -0.2) is 9.97 Å². The van der Waals surface area contributed by atoms with Gasteiger partial charge in [0.15, 0.2) is 0 Å². The van der Waals surface area contributed by atoms with Crippen molar-refractivity contribution in [1.82, 2.24) is 9.97 Å². The van der Waals surface area contributed by atoms with Crippen LogP contribution in [0.2, 0.25) is 0 Å². The van der Waals surface area contributed by atoms with Crippen LogP contribution >= 0.6 is 0 Å². The first-order valence-corrected chi connectivity index (χ1v) is 7.96. The van der Waals surface area contributed by atoms with Crippen molar-refractivity contribution in [2.45, 2.75) is 72.3 Å². The summed E-state index contributed by atoms with van der Waals surface area (Å²) in [5.74, 6) is 2.79. The Morgan fingerprint density at radius 2 is 1.65 bits per heavy atom. The number of rotatable bonds is 9. The molecule has 0 aliphatic heterocycles. The first kappa shape index (κ1) is 16.7. The van der Waals surface area contributed by atoms with Crippen molar-refractivity contribution in [2.75, 3.05) is 17.2 Å². The highest BCUT2D eigenvalue weighted by Crippen LogP contribution is 2.22. The van der Waals surface area contributed by atoms with E-state index in [1.807, 2.05) is 6.07 Å². The van der Waals surface area contributed by atoms with Gasteiger partial charge < -0.3 is 10.6 Å². The van der Waals surface area contributed by atoms with Crippen molar-refractivity contribution in [3.8, 4) is 0 Å². The van der Waals surface area contributed by atoms with Crippen LogP contribution < -0.4 is 10.6 Å². The van der Waals surface area contributed by atoms with Crippen molar-refractivity contribution >= 4 is 11.6 Å². The summed E-state index contributed by atoms with van der Waals surface area (Å²) in [6.45, 7) is 11.9. The van der Waals surface area contributed by atoms with Crippen LogP contribution in [0.5, 0.6) is 0 Å². The Balaban J connectivity index is 2.95. The average Bonchev–Trinajstić information content (AvgIpc) is 2.45. The molecule has 4 nitrogen and oxygen atoms in total. The van der Waals surface area contributed by atoms with Crippen molar-refractivity contribution in [3.05, 3.63) is 11.9 Å². The summed E-state index contributed by atoms with van der Waals surface area (Å²) >= 11 is 0. The summed E-state index contributed by atoms with van der Waals surface area (Å²) in [7, 11) is 0. The third-order valence-electron chi connectivity index (χ3n) is 3.79. The first-order chi connectivity index (χ1) is 9.56. The van der Waals surface area contributed by atoms with Gasteiger partial charge in [0.25, 0.3) is 0 Å².